The number of hydrogen-bond donors (Lipinski definition) is 2. The Morgan fingerprint density at radius 2 is 1.33 bits per heavy atom. The van der Waals surface area contributed by atoms with Crippen LogP contribution in [-0.4, -0.2) is 27.6 Å². The Labute approximate surface area is 208 Å². The number of hydrogen-bond acceptors (Lipinski definition) is 6. The fourth-order valence-corrected chi connectivity index (χ4v) is 5.38. The van der Waals surface area contributed by atoms with Crippen LogP contribution in [0, 0.1) is 10.1 Å². The number of fused-ring (bicyclic) bond motifs is 3. The summed E-state index contributed by atoms with van der Waals surface area (Å²) in [4.78, 5) is 48.0. The number of rotatable bonds is 9. The number of carbonyl (C=O) groups excluding carboxylic acids is 3. The number of carbonyl (C=O) groups is 3. The van der Waals surface area contributed by atoms with Crippen LogP contribution >= 0.6 is 0 Å². The zero-order chi connectivity index (χ0) is 26.0. The van der Waals surface area contributed by atoms with Gasteiger partial charge in [-0.3, -0.25) is 29.7 Å². The van der Waals surface area contributed by atoms with Crippen LogP contribution in [0.3, 0.4) is 0 Å². The van der Waals surface area contributed by atoms with Crippen LogP contribution in [0.15, 0.2) is 60.7 Å². The van der Waals surface area contributed by atoms with Gasteiger partial charge in [-0.15, -0.1) is 0 Å². The van der Waals surface area contributed by atoms with E-state index in [-0.39, 0.29) is 17.0 Å². The van der Waals surface area contributed by atoms with Crippen LogP contribution in [0.5, 0.6) is 0 Å². The molecule has 0 spiro atoms. The van der Waals surface area contributed by atoms with Crippen LogP contribution < -0.4 is 5.48 Å². The number of Topliss-reactive ketones (excluding diaryl/α,β-unsaturated/α-hetero) is 1. The number of amides is 1. The predicted molar refractivity (Wildman–Crippen MR) is 133 cm³/mol. The molecule has 0 fully saturated rings. The molecule has 4 rings (SSSR count). The molecular weight excluding hydrogens is 460 g/mol. The van der Waals surface area contributed by atoms with E-state index in [2.05, 4.69) is 13.8 Å². The van der Waals surface area contributed by atoms with Crippen molar-refractivity contribution in [1.29, 1.82) is 0 Å². The molecule has 2 N–H and O–H groups in total. The van der Waals surface area contributed by atoms with E-state index in [1.807, 2.05) is 18.2 Å². The highest BCUT2D eigenvalue weighted by molar-refractivity contribution is 6.42. The molecule has 0 aliphatic heterocycles. The van der Waals surface area contributed by atoms with Gasteiger partial charge < -0.3 is 0 Å². The molecule has 3 aromatic carbocycles. The normalized spacial score (nSPS) is 13.0. The van der Waals surface area contributed by atoms with Gasteiger partial charge in [-0.05, 0) is 59.4 Å². The Hall–Kier alpha value is -4.17. The van der Waals surface area contributed by atoms with E-state index < -0.39 is 22.0 Å². The Kier molecular flexibility index (Phi) is 6.81. The van der Waals surface area contributed by atoms with E-state index in [9.17, 15) is 24.5 Å². The first-order chi connectivity index (χ1) is 17.3. The second-order valence-electron chi connectivity index (χ2n) is 9.01. The second-order valence-corrected chi connectivity index (χ2v) is 9.01. The average molecular weight is 487 g/mol. The summed E-state index contributed by atoms with van der Waals surface area (Å²) in [5, 5.41) is 19.9. The van der Waals surface area contributed by atoms with Gasteiger partial charge in [0.25, 0.3) is 11.5 Å². The van der Waals surface area contributed by atoms with Gasteiger partial charge in [0.15, 0.2) is 5.78 Å². The highest BCUT2D eigenvalue weighted by atomic mass is 16.6. The Morgan fingerprint density at radius 1 is 0.833 bits per heavy atom. The molecule has 0 aromatic heterocycles. The van der Waals surface area contributed by atoms with Crippen LogP contribution in [0.1, 0.15) is 76.9 Å². The highest BCUT2D eigenvalue weighted by Gasteiger charge is 2.42. The molecule has 1 aliphatic rings. The van der Waals surface area contributed by atoms with Gasteiger partial charge in [-0.25, -0.2) is 5.48 Å². The number of nitrogens with one attached hydrogen (secondary N) is 1. The summed E-state index contributed by atoms with van der Waals surface area (Å²) in [5.74, 6) is -2.16. The van der Waals surface area contributed by atoms with Crippen molar-refractivity contribution in [3.63, 3.8) is 0 Å². The summed E-state index contributed by atoms with van der Waals surface area (Å²) in [6, 6.07) is 16.2. The van der Waals surface area contributed by atoms with E-state index in [1.54, 1.807) is 18.2 Å². The van der Waals surface area contributed by atoms with Gasteiger partial charge in [-0.2, -0.15) is 0 Å². The lowest BCUT2D eigenvalue weighted by Crippen LogP contribution is -2.29. The summed E-state index contributed by atoms with van der Waals surface area (Å²) in [7, 11) is 0. The highest BCUT2D eigenvalue weighted by Crippen LogP contribution is 2.54. The predicted octanol–water partition coefficient (Wildman–Crippen LogP) is 5.38. The minimum absolute atomic E-state index is 0.0823. The van der Waals surface area contributed by atoms with Gasteiger partial charge in [-0.1, -0.05) is 51.0 Å². The van der Waals surface area contributed by atoms with Gasteiger partial charge in [0, 0.05) is 34.2 Å². The fourth-order valence-electron chi connectivity index (χ4n) is 5.38. The third-order valence-electron chi connectivity index (χ3n) is 6.89. The lowest BCUT2D eigenvalue weighted by atomic mass is 9.71. The monoisotopic (exact) mass is 486 g/mol. The van der Waals surface area contributed by atoms with Crippen molar-refractivity contribution in [2.75, 3.05) is 0 Å². The first-order valence-corrected chi connectivity index (χ1v) is 11.8. The third kappa shape index (κ3) is 4.09. The van der Waals surface area contributed by atoms with Crippen LogP contribution in [-0.2, 0) is 10.2 Å². The maximum absolute atomic E-state index is 13.3. The fraction of sp³-hybridized carbons (Fsp3) is 0.250. The molecule has 184 valence electrons. The van der Waals surface area contributed by atoms with Crippen molar-refractivity contribution in [2.24, 2.45) is 0 Å². The van der Waals surface area contributed by atoms with Crippen molar-refractivity contribution in [3.8, 4) is 11.1 Å². The lowest BCUT2D eigenvalue weighted by molar-refractivity contribution is -0.384. The number of hydroxylamine groups is 1. The maximum atomic E-state index is 13.3. The van der Waals surface area contributed by atoms with Gasteiger partial charge in [0.1, 0.15) is 0 Å². The van der Waals surface area contributed by atoms with Gasteiger partial charge in [0.05, 0.1) is 4.92 Å². The number of nitro benzene ring substituents is 1. The van der Waals surface area contributed by atoms with Crippen LogP contribution in [0.25, 0.3) is 11.1 Å². The quantitative estimate of drug-likeness (QED) is 0.137. The molecule has 0 heterocycles. The number of ketones is 2. The molecule has 1 amide bonds. The van der Waals surface area contributed by atoms with Crippen molar-refractivity contribution in [2.45, 2.75) is 44.9 Å². The summed E-state index contributed by atoms with van der Waals surface area (Å²) in [6.07, 6.45) is 3.27. The molecule has 0 unspecified atom stereocenters. The zero-order valence-corrected chi connectivity index (χ0v) is 20.0. The zero-order valence-electron chi connectivity index (χ0n) is 20.0. The molecule has 0 saturated heterocycles. The summed E-state index contributed by atoms with van der Waals surface area (Å²) >= 11 is 0. The minimum Gasteiger partial charge on any atom is -0.289 e. The standard InChI is InChI=1S/C28H26N2O6/c1-3-13-28(14-4-2)23-15-18(25(31)17-5-9-20(10-6-17)30(35)36)7-11-21(23)22-12-8-19(16-24(22)28)26(32)27(33)29-34/h5-12,15-16,34H,3-4,13-14H2,1-2H3,(H,29,33). The van der Waals surface area contributed by atoms with Crippen LogP contribution in [0.4, 0.5) is 5.69 Å². The molecule has 0 atom stereocenters. The lowest BCUT2D eigenvalue weighted by Gasteiger charge is -2.32. The van der Waals surface area contributed by atoms with Crippen molar-refractivity contribution < 1.29 is 24.5 Å². The number of nitro groups is 1. The van der Waals surface area contributed by atoms with E-state index in [4.69, 9.17) is 5.21 Å². The summed E-state index contributed by atoms with van der Waals surface area (Å²) in [6.45, 7) is 4.16. The smallest absolute Gasteiger partial charge is 0.289 e. The molecule has 0 bridgehead atoms. The molecular formula is C28H26N2O6. The van der Waals surface area contributed by atoms with Crippen molar-refractivity contribution in [3.05, 3.63) is 98.6 Å². The molecule has 8 heteroatoms. The molecule has 0 radical (unpaired) electrons. The summed E-state index contributed by atoms with van der Waals surface area (Å²) in [5.41, 5.74) is 5.72. The topological polar surface area (TPSA) is 127 Å². The Morgan fingerprint density at radius 3 is 1.83 bits per heavy atom. The van der Waals surface area contributed by atoms with E-state index in [0.29, 0.717) is 11.1 Å². The maximum Gasteiger partial charge on any atom is 0.315 e. The van der Waals surface area contributed by atoms with Gasteiger partial charge in [0.2, 0.25) is 0 Å². The largest absolute Gasteiger partial charge is 0.315 e. The number of non-ortho nitro benzene ring substituents is 1. The second kappa shape index (κ2) is 9.83. The Balaban J connectivity index is 1.84. The minimum atomic E-state index is -1.10. The molecule has 3 aromatic rings. The van der Waals surface area contributed by atoms with E-state index >= 15 is 0 Å². The number of nitrogens with zero attached hydrogens (tertiary/aromatic N) is 1. The molecule has 0 saturated carbocycles. The Bertz CT molecular complexity index is 1370. The SMILES string of the molecule is CCCC1(CCC)c2cc(C(=O)C(=O)NO)ccc2-c2ccc(C(=O)c3ccc([N+](=O)[O-])cc3)cc21. The van der Waals surface area contributed by atoms with Gasteiger partial charge >= 0.3 is 5.91 Å². The number of benzene rings is 3. The van der Waals surface area contributed by atoms with E-state index in [1.165, 1.54) is 29.7 Å². The van der Waals surface area contributed by atoms with Crippen molar-refractivity contribution in [1.82, 2.24) is 5.48 Å². The van der Waals surface area contributed by atoms with Crippen LogP contribution in [0.2, 0.25) is 0 Å². The average Bonchev–Trinajstić information content (AvgIpc) is 3.16. The summed E-state index contributed by atoms with van der Waals surface area (Å²) < 4.78 is 0. The molecule has 8 nitrogen and oxygen atoms in total. The molecule has 1 aliphatic carbocycles. The van der Waals surface area contributed by atoms with E-state index in [0.717, 1.165) is 47.9 Å². The first kappa shape index (κ1) is 24.9. The first-order valence-electron chi connectivity index (χ1n) is 11.8. The third-order valence-corrected chi connectivity index (χ3v) is 6.89. The molecule has 36 heavy (non-hydrogen) atoms. The van der Waals surface area contributed by atoms with Crippen molar-refractivity contribution >= 4 is 23.2 Å².